The third-order valence-corrected chi connectivity index (χ3v) is 4.02. The number of fused-ring (bicyclic) bond motifs is 1. The molecular formula is C17H16N2O3. The Kier molecular flexibility index (Phi) is 3.87. The summed E-state index contributed by atoms with van der Waals surface area (Å²) in [5, 5.41) is 11.0. The Hall–Kier alpha value is -2.69. The van der Waals surface area contributed by atoms with Crippen LogP contribution in [0.5, 0.6) is 0 Å². The molecule has 1 heterocycles. The van der Waals surface area contributed by atoms with Gasteiger partial charge in [0.1, 0.15) is 6.04 Å². The van der Waals surface area contributed by atoms with Gasteiger partial charge in [-0.05, 0) is 29.7 Å². The van der Waals surface area contributed by atoms with Crippen molar-refractivity contribution in [2.45, 2.75) is 12.5 Å². The molecule has 0 spiro atoms. The first-order chi connectivity index (χ1) is 10.7. The Morgan fingerprint density at radius 2 is 1.82 bits per heavy atom. The lowest BCUT2D eigenvalue weighted by Gasteiger charge is -2.35. The van der Waals surface area contributed by atoms with Crippen LogP contribution in [0, 0.1) is 10.1 Å². The Bertz CT molecular complexity index is 700. The van der Waals surface area contributed by atoms with Crippen LogP contribution in [0.1, 0.15) is 27.5 Å². The van der Waals surface area contributed by atoms with E-state index in [9.17, 15) is 14.9 Å². The average molecular weight is 296 g/mol. The Labute approximate surface area is 128 Å². The Balaban J connectivity index is 1.97. The van der Waals surface area contributed by atoms with Gasteiger partial charge in [0.25, 0.3) is 5.91 Å². The molecule has 0 N–H and O–H groups in total. The van der Waals surface area contributed by atoms with Gasteiger partial charge in [-0.3, -0.25) is 14.9 Å². The van der Waals surface area contributed by atoms with E-state index in [0.717, 1.165) is 17.5 Å². The first-order valence-electron chi connectivity index (χ1n) is 7.22. The molecule has 0 saturated carbocycles. The van der Waals surface area contributed by atoms with Crippen LogP contribution in [0.3, 0.4) is 0 Å². The summed E-state index contributed by atoms with van der Waals surface area (Å²) in [7, 11) is 0. The van der Waals surface area contributed by atoms with E-state index in [0.29, 0.717) is 12.1 Å². The average Bonchev–Trinajstić information content (AvgIpc) is 2.55. The highest BCUT2D eigenvalue weighted by Gasteiger charge is 2.34. The van der Waals surface area contributed by atoms with Gasteiger partial charge in [0.15, 0.2) is 0 Å². The van der Waals surface area contributed by atoms with E-state index >= 15 is 0 Å². The number of nitrogens with zero attached hydrogens (tertiary/aromatic N) is 2. The van der Waals surface area contributed by atoms with Crippen molar-refractivity contribution in [1.29, 1.82) is 0 Å². The lowest BCUT2D eigenvalue weighted by Crippen LogP contribution is -2.42. The molecule has 5 heteroatoms. The first-order valence-corrected chi connectivity index (χ1v) is 7.22. The quantitative estimate of drug-likeness (QED) is 0.646. The fourth-order valence-electron chi connectivity index (χ4n) is 2.98. The topological polar surface area (TPSA) is 63.5 Å². The third-order valence-electron chi connectivity index (χ3n) is 4.02. The molecule has 1 aliphatic heterocycles. The number of benzene rings is 2. The molecule has 0 saturated heterocycles. The highest BCUT2D eigenvalue weighted by molar-refractivity contribution is 5.94. The lowest BCUT2D eigenvalue weighted by atomic mass is 9.92. The monoisotopic (exact) mass is 296 g/mol. The zero-order valence-electron chi connectivity index (χ0n) is 12.0. The molecule has 1 aliphatic rings. The highest BCUT2D eigenvalue weighted by atomic mass is 16.6. The maximum atomic E-state index is 12.7. The minimum Gasteiger partial charge on any atom is -0.325 e. The van der Waals surface area contributed by atoms with E-state index in [1.807, 2.05) is 30.3 Å². The summed E-state index contributed by atoms with van der Waals surface area (Å²) in [5.41, 5.74) is 2.54. The number of carbonyl (C=O) groups excluding carboxylic acids is 1. The van der Waals surface area contributed by atoms with Crippen molar-refractivity contribution in [3.05, 3.63) is 81.4 Å². The molecule has 0 fully saturated rings. The van der Waals surface area contributed by atoms with Crippen molar-refractivity contribution in [2.24, 2.45) is 0 Å². The molecule has 1 amide bonds. The van der Waals surface area contributed by atoms with Gasteiger partial charge >= 0.3 is 0 Å². The van der Waals surface area contributed by atoms with Gasteiger partial charge in [0, 0.05) is 17.0 Å². The van der Waals surface area contributed by atoms with Crippen LogP contribution in [-0.2, 0) is 6.42 Å². The molecule has 0 bridgehead atoms. The summed E-state index contributed by atoms with van der Waals surface area (Å²) in [6.07, 6.45) is 0.725. The number of rotatable bonds is 3. The van der Waals surface area contributed by atoms with Gasteiger partial charge in [-0.1, -0.05) is 42.5 Å². The van der Waals surface area contributed by atoms with Crippen LogP contribution < -0.4 is 0 Å². The van der Waals surface area contributed by atoms with Gasteiger partial charge in [-0.15, -0.1) is 0 Å². The summed E-state index contributed by atoms with van der Waals surface area (Å²) in [6, 6.07) is 16.1. The maximum Gasteiger partial charge on any atom is 0.254 e. The SMILES string of the molecule is O=C(c1ccccc1)N1CCc2ccccc2[C@H]1C[N+](=O)[O-]. The first kappa shape index (κ1) is 14.3. The summed E-state index contributed by atoms with van der Waals surface area (Å²) >= 11 is 0. The minimum atomic E-state index is -0.507. The van der Waals surface area contributed by atoms with E-state index in [2.05, 4.69) is 0 Å². The fraction of sp³-hybridized carbons (Fsp3) is 0.235. The largest absolute Gasteiger partial charge is 0.325 e. The minimum absolute atomic E-state index is 0.151. The second kappa shape index (κ2) is 5.97. The van der Waals surface area contributed by atoms with Gasteiger partial charge in [-0.25, -0.2) is 0 Å². The molecule has 22 heavy (non-hydrogen) atoms. The van der Waals surface area contributed by atoms with E-state index < -0.39 is 6.04 Å². The summed E-state index contributed by atoms with van der Waals surface area (Å²) < 4.78 is 0. The zero-order chi connectivity index (χ0) is 15.5. The summed E-state index contributed by atoms with van der Waals surface area (Å²) in [5.74, 6) is -0.151. The number of amides is 1. The van der Waals surface area contributed by atoms with Crippen molar-refractivity contribution >= 4 is 5.91 Å². The van der Waals surface area contributed by atoms with Gasteiger partial charge in [0.2, 0.25) is 6.54 Å². The molecule has 3 rings (SSSR count). The second-order valence-corrected chi connectivity index (χ2v) is 5.34. The zero-order valence-corrected chi connectivity index (χ0v) is 12.0. The van der Waals surface area contributed by atoms with Gasteiger partial charge in [-0.2, -0.15) is 0 Å². The predicted octanol–water partition coefficient (Wildman–Crippen LogP) is 2.70. The van der Waals surface area contributed by atoms with Gasteiger partial charge < -0.3 is 4.90 Å². The van der Waals surface area contributed by atoms with E-state index in [1.54, 1.807) is 29.2 Å². The predicted molar refractivity (Wildman–Crippen MR) is 82.2 cm³/mol. The van der Waals surface area contributed by atoms with Crippen molar-refractivity contribution in [1.82, 2.24) is 4.90 Å². The van der Waals surface area contributed by atoms with Crippen molar-refractivity contribution < 1.29 is 9.72 Å². The molecule has 0 aromatic heterocycles. The molecule has 2 aromatic rings. The van der Waals surface area contributed by atoms with Crippen molar-refractivity contribution in [3.8, 4) is 0 Å². The van der Waals surface area contributed by atoms with E-state index in [4.69, 9.17) is 0 Å². The standard InChI is InChI=1S/C17H16N2O3/c20-17(14-7-2-1-3-8-14)18-11-10-13-6-4-5-9-15(13)16(18)12-19(21)22/h1-9,16H,10-12H2/t16-/m1/s1. The lowest BCUT2D eigenvalue weighted by molar-refractivity contribution is -0.487. The Morgan fingerprint density at radius 1 is 1.14 bits per heavy atom. The van der Waals surface area contributed by atoms with Gasteiger partial charge in [0.05, 0.1) is 0 Å². The van der Waals surface area contributed by atoms with E-state index in [1.165, 1.54) is 0 Å². The van der Waals surface area contributed by atoms with Crippen LogP contribution >= 0.6 is 0 Å². The van der Waals surface area contributed by atoms with E-state index in [-0.39, 0.29) is 17.4 Å². The molecule has 5 nitrogen and oxygen atoms in total. The second-order valence-electron chi connectivity index (χ2n) is 5.34. The Morgan fingerprint density at radius 3 is 2.55 bits per heavy atom. The number of hydrogen-bond donors (Lipinski definition) is 0. The maximum absolute atomic E-state index is 12.7. The molecule has 112 valence electrons. The van der Waals surface area contributed by atoms with Crippen LogP contribution in [0.4, 0.5) is 0 Å². The molecule has 0 unspecified atom stereocenters. The normalized spacial score (nSPS) is 16.9. The smallest absolute Gasteiger partial charge is 0.254 e. The molecule has 1 atom stereocenters. The number of hydrogen-bond acceptors (Lipinski definition) is 3. The summed E-state index contributed by atoms with van der Waals surface area (Å²) in [4.78, 5) is 25.0. The molecule has 0 radical (unpaired) electrons. The number of nitro groups is 1. The van der Waals surface area contributed by atoms with Crippen LogP contribution in [-0.4, -0.2) is 28.8 Å². The van der Waals surface area contributed by atoms with Crippen LogP contribution in [0.15, 0.2) is 54.6 Å². The van der Waals surface area contributed by atoms with Crippen LogP contribution in [0.2, 0.25) is 0 Å². The summed E-state index contributed by atoms with van der Waals surface area (Å²) in [6.45, 7) is 0.235. The highest BCUT2D eigenvalue weighted by Crippen LogP contribution is 2.31. The number of carbonyl (C=O) groups is 1. The van der Waals surface area contributed by atoms with Crippen LogP contribution in [0.25, 0.3) is 0 Å². The van der Waals surface area contributed by atoms with Crippen molar-refractivity contribution in [2.75, 3.05) is 13.1 Å². The van der Waals surface area contributed by atoms with Crippen molar-refractivity contribution in [3.63, 3.8) is 0 Å². The third kappa shape index (κ3) is 2.70. The molecular weight excluding hydrogens is 280 g/mol. The fourth-order valence-corrected chi connectivity index (χ4v) is 2.98. The molecule has 2 aromatic carbocycles. The molecule has 0 aliphatic carbocycles.